The number of ether oxygens (including phenoxy) is 1. The van der Waals surface area contributed by atoms with Crippen LogP contribution in [-0.4, -0.2) is 27.3 Å². The van der Waals surface area contributed by atoms with Gasteiger partial charge in [-0.3, -0.25) is 0 Å². The number of H-pyrrole nitrogens is 1. The van der Waals surface area contributed by atoms with Gasteiger partial charge in [0.2, 0.25) is 0 Å². The van der Waals surface area contributed by atoms with Crippen molar-refractivity contribution in [3.63, 3.8) is 0 Å². The molecule has 1 amide bonds. The summed E-state index contributed by atoms with van der Waals surface area (Å²) in [5.41, 5.74) is 3.18. The zero-order valence-electron chi connectivity index (χ0n) is 13.8. The molecule has 1 aliphatic rings. The van der Waals surface area contributed by atoms with Gasteiger partial charge in [0, 0.05) is 11.7 Å². The molecule has 6 heteroatoms. The molecule has 0 aliphatic heterocycles. The van der Waals surface area contributed by atoms with Crippen LogP contribution in [0, 0.1) is 6.92 Å². The predicted octanol–water partition coefficient (Wildman–Crippen LogP) is 4.15. The summed E-state index contributed by atoms with van der Waals surface area (Å²) >= 11 is 3.37. The van der Waals surface area contributed by atoms with Gasteiger partial charge in [0.25, 0.3) is 0 Å². The zero-order valence-corrected chi connectivity index (χ0v) is 15.4. The Bertz CT molecular complexity index is 595. The number of nitrogens with one attached hydrogen (secondary N) is 2. The van der Waals surface area contributed by atoms with E-state index in [-0.39, 0.29) is 12.1 Å². The second kappa shape index (κ2) is 6.44. The molecule has 1 aromatic rings. The van der Waals surface area contributed by atoms with Crippen LogP contribution < -0.4 is 5.32 Å². The van der Waals surface area contributed by atoms with Crippen molar-refractivity contribution in [1.29, 1.82) is 0 Å². The number of fused-ring (bicyclic) bond motifs is 1. The number of aliphatic imine (C=N–C) groups is 1. The molecule has 1 aromatic heterocycles. The van der Waals surface area contributed by atoms with E-state index in [4.69, 9.17) is 4.74 Å². The first-order valence-corrected chi connectivity index (χ1v) is 8.35. The summed E-state index contributed by atoms with van der Waals surface area (Å²) in [7, 11) is 0. The van der Waals surface area contributed by atoms with Crippen LogP contribution in [0.5, 0.6) is 0 Å². The normalized spacial score (nSPS) is 18.8. The van der Waals surface area contributed by atoms with Crippen LogP contribution in [-0.2, 0) is 17.6 Å². The predicted molar refractivity (Wildman–Crippen MR) is 92.4 cm³/mol. The van der Waals surface area contributed by atoms with Crippen molar-refractivity contribution in [2.24, 2.45) is 4.99 Å². The fourth-order valence-corrected chi connectivity index (χ4v) is 2.88. The Morgan fingerprint density at radius 3 is 2.73 bits per heavy atom. The average molecular weight is 370 g/mol. The van der Waals surface area contributed by atoms with Gasteiger partial charge in [0.1, 0.15) is 11.4 Å². The molecule has 22 heavy (non-hydrogen) atoms. The summed E-state index contributed by atoms with van der Waals surface area (Å²) in [6.45, 7) is 9.59. The highest BCUT2D eigenvalue weighted by Crippen LogP contribution is 2.31. The molecule has 2 N–H and O–H groups in total. The molecule has 0 aromatic carbocycles. The summed E-state index contributed by atoms with van der Waals surface area (Å²) in [6.07, 6.45) is 2.29. The van der Waals surface area contributed by atoms with Gasteiger partial charge in [-0.1, -0.05) is 0 Å². The number of aromatic amines is 1. The van der Waals surface area contributed by atoms with E-state index >= 15 is 0 Å². The van der Waals surface area contributed by atoms with Gasteiger partial charge in [-0.25, -0.2) is 9.79 Å². The number of carbonyl (C=O) groups excluding carboxylic acids is 1. The smallest absolute Gasteiger partial charge is 0.407 e. The molecule has 0 fully saturated rings. The third kappa shape index (κ3) is 4.35. The molecular weight excluding hydrogens is 346 g/mol. The average Bonchev–Trinajstić information content (AvgIpc) is 2.63. The number of aryl methyl sites for hydroxylation is 1. The highest BCUT2D eigenvalue weighted by atomic mass is 79.9. The maximum Gasteiger partial charge on any atom is 0.407 e. The van der Waals surface area contributed by atoms with Crippen LogP contribution in [0.15, 0.2) is 4.99 Å². The Labute approximate surface area is 140 Å². The Morgan fingerprint density at radius 1 is 1.45 bits per heavy atom. The van der Waals surface area contributed by atoms with E-state index < -0.39 is 5.60 Å². The SMILES string of the molecule is CC(Br)=Nc1[nH]c2c(c1C)CC(NC(=O)OC(C)(C)C)CC2. The minimum atomic E-state index is -0.469. The molecule has 122 valence electrons. The standard InChI is InChI=1S/C16H24BrN3O2/c1-9-12-8-11(19-15(21)22-16(3,4)5)6-7-13(12)20-14(9)18-10(2)17/h11,20H,6-8H2,1-5H3,(H,19,21). The first-order chi connectivity index (χ1) is 10.2. The molecule has 0 radical (unpaired) electrons. The van der Waals surface area contributed by atoms with Gasteiger partial charge in [-0.05, 0) is 80.9 Å². The van der Waals surface area contributed by atoms with Gasteiger partial charge in [0.15, 0.2) is 0 Å². The van der Waals surface area contributed by atoms with Crippen molar-refractivity contribution in [2.45, 2.75) is 65.5 Å². The van der Waals surface area contributed by atoms with E-state index in [0.29, 0.717) is 0 Å². The van der Waals surface area contributed by atoms with Gasteiger partial charge in [-0.15, -0.1) is 0 Å². The topological polar surface area (TPSA) is 66.5 Å². The lowest BCUT2D eigenvalue weighted by molar-refractivity contribution is 0.0500. The molecule has 1 unspecified atom stereocenters. The lowest BCUT2D eigenvalue weighted by Gasteiger charge is -2.26. The van der Waals surface area contributed by atoms with Crippen LogP contribution in [0.3, 0.4) is 0 Å². The molecule has 0 saturated carbocycles. The van der Waals surface area contributed by atoms with E-state index in [2.05, 4.69) is 38.1 Å². The number of halogens is 1. The van der Waals surface area contributed by atoms with Crippen LogP contribution in [0.25, 0.3) is 0 Å². The minimum Gasteiger partial charge on any atom is -0.444 e. The second-order valence-electron chi connectivity index (χ2n) is 6.75. The van der Waals surface area contributed by atoms with Crippen molar-refractivity contribution < 1.29 is 9.53 Å². The molecule has 1 heterocycles. The number of hydrogen-bond donors (Lipinski definition) is 2. The first kappa shape index (κ1) is 17.1. The van der Waals surface area contributed by atoms with E-state index in [9.17, 15) is 4.79 Å². The lowest BCUT2D eigenvalue weighted by Crippen LogP contribution is -2.41. The quantitative estimate of drug-likeness (QED) is 0.768. The van der Waals surface area contributed by atoms with Gasteiger partial charge >= 0.3 is 6.09 Å². The molecule has 1 atom stereocenters. The number of amides is 1. The Morgan fingerprint density at radius 2 is 2.14 bits per heavy atom. The molecule has 0 spiro atoms. The molecule has 0 saturated heterocycles. The highest BCUT2D eigenvalue weighted by molar-refractivity contribution is 9.18. The largest absolute Gasteiger partial charge is 0.444 e. The molecule has 2 rings (SSSR count). The molecular formula is C16H24BrN3O2. The fraction of sp³-hybridized carbons (Fsp3) is 0.625. The van der Waals surface area contributed by atoms with E-state index in [1.165, 1.54) is 11.3 Å². The van der Waals surface area contributed by atoms with Gasteiger partial charge in [-0.2, -0.15) is 0 Å². The van der Waals surface area contributed by atoms with E-state index in [0.717, 1.165) is 35.3 Å². The Balaban J connectivity index is 2.07. The summed E-state index contributed by atoms with van der Waals surface area (Å²) in [4.78, 5) is 19.8. The first-order valence-electron chi connectivity index (χ1n) is 7.56. The number of aromatic nitrogens is 1. The molecule has 1 aliphatic carbocycles. The van der Waals surface area contributed by atoms with Crippen LogP contribution in [0.1, 0.15) is 50.9 Å². The van der Waals surface area contributed by atoms with Crippen LogP contribution >= 0.6 is 15.9 Å². The van der Waals surface area contributed by atoms with Gasteiger partial charge in [0.05, 0.1) is 4.62 Å². The Kier molecular flexibility index (Phi) is 5.00. The summed E-state index contributed by atoms with van der Waals surface area (Å²) in [5, 5.41) is 2.97. The summed E-state index contributed by atoms with van der Waals surface area (Å²) in [6, 6.07) is 0.110. The zero-order chi connectivity index (χ0) is 16.5. The Hall–Kier alpha value is -1.30. The van der Waals surface area contributed by atoms with E-state index in [1.54, 1.807) is 0 Å². The fourth-order valence-electron chi connectivity index (χ4n) is 2.70. The third-order valence-electron chi connectivity index (χ3n) is 3.62. The maximum absolute atomic E-state index is 11.9. The number of hydrogen-bond acceptors (Lipinski definition) is 3. The summed E-state index contributed by atoms with van der Waals surface area (Å²) < 4.78 is 6.18. The summed E-state index contributed by atoms with van der Waals surface area (Å²) in [5.74, 6) is 0.900. The number of rotatable bonds is 2. The lowest BCUT2D eigenvalue weighted by atomic mass is 9.91. The number of alkyl carbamates (subject to hydrolysis) is 1. The number of nitrogens with zero attached hydrogens (tertiary/aromatic N) is 1. The van der Waals surface area contributed by atoms with Crippen molar-refractivity contribution in [3.05, 3.63) is 16.8 Å². The number of carbonyl (C=O) groups is 1. The van der Waals surface area contributed by atoms with Crippen molar-refractivity contribution >= 4 is 32.5 Å². The molecule has 5 nitrogen and oxygen atoms in total. The third-order valence-corrected chi connectivity index (χ3v) is 3.80. The van der Waals surface area contributed by atoms with Gasteiger partial charge < -0.3 is 15.0 Å². The van der Waals surface area contributed by atoms with Crippen molar-refractivity contribution in [3.8, 4) is 0 Å². The van der Waals surface area contributed by atoms with E-state index in [1.807, 2.05) is 27.7 Å². The van der Waals surface area contributed by atoms with Crippen molar-refractivity contribution in [1.82, 2.24) is 10.3 Å². The second-order valence-corrected chi connectivity index (χ2v) is 7.90. The van der Waals surface area contributed by atoms with Crippen LogP contribution in [0.4, 0.5) is 10.6 Å². The molecule has 0 bridgehead atoms. The van der Waals surface area contributed by atoms with Crippen molar-refractivity contribution in [2.75, 3.05) is 0 Å². The van der Waals surface area contributed by atoms with Crippen LogP contribution in [0.2, 0.25) is 0 Å². The maximum atomic E-state index is 11.9. The highest BCUT2D eigenvalue weighted by Gasteiger charge is 2.26. The monoisotopic (exact) mass is 369 g/mol. The minimum absolute atomic E-state index is 0.110.